The molecule has 7 nitrogen and oxygen atoms in total. The second kappa shape index (κ2) is 5.93. The van der Waals surface area contributed by atoms with Crippen molar-refractivity contribution in [3.8, 4) is 0 Å². The van der Waals surface area contributed by atoms with Gasteiger partial charge in [-0.1, -0.05) is 0 Å². The highest BCUT2D eigenvalue weighted by molar-refractivity contribution is 7.11. The molecule has 0 saturated heterocycles. The molecule has 2 aromatic heterocycles. The van der Waals surface area contributed by atoms with Crippen LogP contribution in [-0.2, 0) is 0 Å². The van der Waals surface area contributed by atoms with Gasteiger partial charge in [0.15, 0.2) is 11.5 Å². The van der Waals surface area contributed by atoms with E-state index in [0.29, 0.717) is 5.82 Å². The standard InChI is InChI=1S/C12H16N6OS/c1-6-11(20-8(3)14-6)7(2)15-12(19)9-4-5-10(16-13)18-17-9/h4-5,7H,13H2,1-3H3,(H,15,19)(H,16,18). The molecule has 4 N–H and O–H groups in total. The molecule has 0 saturated carbocycles. The van der Waals surface area contributed by atoms with Gasteiger partial charge >= 0.3 is 0 Å². The second-order valence-corrected chi connectivity index (χ2v) is 5.56. The molecule has 0 aliphatic carbocycles. The van der Waals surface area contributed by atoms with E-state index in [0.717, 1.165) is 15.6 Å². The minimum Gasteiger partial charge on any atom is -0.343 e. The molecule has 0 spiro atoms. The van der Waals surface area contributed by atoms with E-state index in [1.54, 1.807) is 23.5 Å². The summed E-state index contributed by atoms with van der Waals surface area (Å²) < 4.78 is 0. The first-order chi connectivity index (χ1) is 9.51. The average Bonchev–Trinajstić information content (AvgIpc) is 2.78. The Bertz CT molecular complexity index is 609. The zero-order valence-corrected chi connectivity index (χ0v) is 12.3. The van der Waals surface area contributed by atoms with E-state index in [-0.39, 0.29) is 17.6 Å². The van der Waals surface area contributed by atoms with Crippen LogP contribution >= 0.6 is 11.3 Å². The zero-order valence-electron chi connectivity index (χ0n) is 11.5. The largest absolute Gasteiger partial charge is 0.343 e. The molecule has 0 aromatic carbocycles. The number of amides is 1. The van der Waals surface area contributed by atoms with Crippen molar-refractivity contribution in [2.75, 3.05) is 5.43 Å². The van der Waals surface area contributed by atoms with Crippen LogP contribution in [0.4, 0.5) is 5.82 Å². The van der Waals surface area contributed by atoms with Crippen LogP contribution in [0.2, 0.25) is 0 Å². The number of aromatic nitrogens is 3. The number of nitrogens with two attached hydrogens (primary N) is 1. The monoisotopic (exact) mass is 292 g/mol. The number of carbonyl (C=O) groups excluding carboxylic acids is 1. The Kier molecular flexibility index (Phi) is 4.26. The van der Waals surface area contributed by atoms with Gasteiger partial charge in [0, 0.05) is 4.88 Å². The van der Waals surface area contributed by atoms with Gasteiger partial charge in [-0.3, -0.25) is 4.79 Å². The third-order valence-corrected chi connectivity index (χ3v) is 3.98. The lowest BCUT2D eigenvalue weighted by molar-refractivity contribution is 0.0934. The molecule has 2 rings (SSSR count). The van der Waals surface area contributed by atoms with Crippen LogP contribution in [0.15, 0.2) is 12.1 Å². The van der Waals surface area contributed by atoms with Gasteiger partial charge in [-0.25, -0.2) is 10.8 Å². The summed E-state index contributed by atoms with van der Waals surface area (Å²) in [5.74, 6) is 5.32. The maximum absolute atomic E-state index is 12.1. The molecule has 0 fully saturated rings. The highest BCUT2D eigenvalue weighted by Crippen LogP contribution is 2.24. The summed E-state index contributed by atoms with van der Waals surface area (Å²) in [6.45, 7) is 5.80. The van der Waals surface area contributed by atoms with Gasteiger partial charge in [0.1, 0.15) is 0 Å². The Balaban J connectivity index is 2.08. The molecule has 2 heterocycles. The number of hydrazine groups is 1. The summed E-state index contributed by atoms with van der Waals surface area (Å²) in [7, 11) is 0. The lowest BCUT2D eigenvalue weighted by Gasteiger charge is -2.12. The van der Waals surface area contributed by atoms with Crippen LogP contribution in [0.25, 0.3) is 0 Å². The Morgan fingerprint density at radius 3 is 2.60 bits per heavy atom. The van der Waals surface area contributed by atoms with Gasteiger partial charge in [0.2, 0.25) is 0 Å². The van der Waals surface area contributed by atoms with E-state index in [1.165, 1.54) is 0 Å². The average molecular weight is 292 g/mol. The highest BCUT2D eigenvalue weighted by atomic mass is 32.1. The molecule has 0 aliphatic heterocycles. The first-order valence-corrected chi connectivity index (χ1v) is 6.88. The predicted molar refractivity (Wildman–Crippen MR) is 77.3 cm³/mol. The van der Waals surface area contributed by atoms with Crippen molar-refractivity contribution in [2.45, 2.75) is 26.8 Å². The fourth-order valence-electron chi connectivity index (χ4n) is 1.82. The molecule has 2 aromatic rings. The van der Waals surface area contributed by atoms with E-state index in [1.807, 2.05) is 20.8 Å². The van der Waals surface area contributed by atoms with Crippen LogP contribution in [0.1, 0.15) is 39.0 Å². The van der Waals surface area contributed by atoms with Crippen LogP contribution in [0.3, 0.4) is 0 Å². The number of hydrogen-bond acceptors (Lipinski definition) is 7. The van der Waals surface area contributed by atoms with Gasteiger partial charge in [0.25, 0.3) is 5.91 Å². The Hall–Kier alpha value is -2.06. The third-order valence-electron chi connectivity index (χ3n) is 2.73. The first kappa shape index (κ1) is 14.4. The minimum atomic E-state index is -0.279. The summed E-state index contributed by atoms with van der Waals surface area (Å²) >= 11 is 1.58. The van der Waals surface area contributed by atoms with Gasteiger partial charge in [-0.05, 0) is 32.9 Å². The van der Waals surface area contributed by atoms with Crippen molar-refractivity contribution in [1.82, 2.24) is 20.5 Å². The molecule has 8 heteroatoms. The number of thiazole rings is 1. The Morgan fingerprint density at radius 2 is 2.10 bits per heavy atom. The molecule has 1 unspecified atom stereocenters. The number of nitrogens with one attached hydrogen (secondary N) is 2. The molecule has 1 atom stereocenters. The van der Waals surface area contributed by atoms with Crippen LogP contribution in [-0.4, -0.2) is 21.1 Å². The quantitative estimate of drug-likeness (QED) is 0.580. The number of anilines is 1. The van der Waals surface area contributed by atoms with E-state index < -0.39 is 0 Å². The van der Waals surface area contributed by atoms with Crippen molar-refractivity contribution in [3.63, 3.8) is 0 Å². The SMILES string of the molecule is Cc1nc(C)c(C(C)NC(=O)c2ccc(NN)nn2)s1. The van der Waals surface area contributed by atoms with Crippen molar-refractivity contribution in [2.24, 2.45) is 5.84 Å². The Labute approximate surface area is 120 Å². The molecular weight excluding hydrogens is 276 g/mol. The molecule has 106 valence electrons. The number of rotatable bonds is 4. The summed E-state index contributed by atoms with van der Waals surface area (Å²) in [5.41, 5.74) is 3.54. The van der Waals surface area contributed by atoms with Crippen molar-refractivity contribution >= 4 is 23.1 Å². The van der Waals surface area contributed by atoms with Crippen molar-refractivity contribution in [1.29, 1.82) is 0 Å². The van der Waals surface area contributed by atoms with E-state index in [4.69, 9.17) is 5.84 Å². The number of hydrogen-bond donors (Lipinski definition) is 3. The Morgan fingerprint density at radius 1 is 1.35 bits per heavy atom. The topological polar surface area (TPSA) is 106 Å². The van der Waals surface area contributed by atoms with Gasteiger partial charge in [-0.2, -0.15) is 0 Å². The van der Waals surface area contributed by atoms with Crippen LogP contribution in [0.5, 0.6) is 0 Å². The lowest BCUT2D eigenvalue weighted by atomic mass is 10.2. The van der Waals surface area contributed by atoms with E-state index in [2.05, 4.69) is 25.9 Å². The number of carbonyl (C=O) groups is 1. The van der Waals surface area contributed by atoms with Crippen LogP contribution in [0, 0.1) is 13.8 Å². The molecule has 20 heavy (non-hydrogen) atoms. The maximum Gasteiger partial charge on any atom is 0.272 e. The normalized spacial score (nSPS) is 12.0. The molecule has 0 bridgehead atoms. The summed E-state index contributed by atoms with van der Waals surface area (Å²) in [4.78, 5) is 17.5. The highest BCUT2D eigenvalue weighted by Gasteiger charge is 2.17. The van der Waals surface area contributed by atoms with Gasteiger partial charge < -0.3 is 10.7 Å². The number of nitrogen functional groups attached to an aromatic ring is 1. The van der Waals surface area contributed by atoms with Crippen LogP contribution < -0.4 is 16.6 Å². The van der Waals surface area contributed by atoms with Gasteiger partial charge in [-0.15, -0.1) is 21.5 Å². The number of nitrogens with zero attached hydrogens (tertiary/aromatic N) is 3. The molecule has 0 radical (unpaired) electrons. The molecule has 0 aliphatic rings. The number of aryl methyl sites for hydroxylation is 2. The third kappa shape index (κ3) is 3.09. The van der Waals surface area contributed by atoms with E-state index >= 15 is 0 Å². The first-order valence-electron chi connectivity index (χ1n) is 6.06. The summed E-state index contributed by atoms with van der Waals surface area (Å²) in [5, 5.41) is 11.4. The zero-order chi connectivity index (χ0) is 14.7. The minimum absolute atomic E-state index is 0.122. The fraction of sp³-hybridized carbons (Fsp3) is 0.333. The van der Waals surface area contributed by atoms with E-state index in [9.17, 15) is 4.79 Å². The summed E-state index contributed by atoms with van der Waals surface area (Å²) in [6.07, 6.45) is 0. The lowest BCUT2D eigenvalue weighted by Crippen LogP contribution is -2.27. The fourth-order valence-corrected chi connectivity index (χ4v) is 2.75. The summed E-state index contributed by atoms with van der Waals surface area (Å²) in [6, 6.07) is 3.03. The van der Waals surface area contributed by atoms with Crippen molar-refractivity contribution in [3.05, 3.63) is 33.4 Å². The smallest absolute Gasteiger partial charge is 0.272 e. The predicted octanol–water partition coefficient (Wildman–Crippen LogP) is 1.33. The molecule has 1 amide bonds. The second-order valence-electron chi connectivity index (χ2n) is 4.33. The van der Waals surface area contributed by atoms with Gasteiger partial charge in [0.05, 0.1) is 16.7 Å². The maximum atomic E-state index is 12.1. The molecular formula is C12H16N6OS. The van der Waals surface area contributed by atoms with Crippen molar-refractivity contribution < 1.29 is 4.79 Å².